The van der Waals surface area contributed by atoms with Crippen LogP contribution in [0.4, 0.5) is 4.39 Å². The standard InChI is InChI=1S/C19H22FN5O2/c1-24-11-13(9-22-24)18(27)23-16-7-19(8-16)4-5-25(12-19)17(26)6-15-3-2-14(20)10-21-15/h2-3,9-11,16H,4-8,12H2,1H3,(H,23,27). The fourth-order valence-corrected chi connectivity index (χ4v) is 4.15. The first-order chi connectivity index (χ1) is 12.9. The van der Waals surface area contributed by atoms with Crippen molar-refractivity contribution in [2.45, 2.75) is 31.7 Å². The van der Waals surface area contributed by atoms with Gasteiger partial charge in [-0.05, 0) is 36.8 Å². The Morgan fingerprint density at radius 2 is 2.15 bits per heavy atom. The van der Waals surface area contributed by atoms with Crippen molar-refractivity contribution in [1.29, 1.82) is 0 Å². The molecule has 1 N–H and O–H groups in total. The van der Waals surface area contributed by atoms with Crippen LogP contribution in [0.25, 0.3) is 0 Å². The molecule has 2 aromatic rings. The number of aromatic nitrogens is 3. The lowest BCUT2D eigenvalue weighted by molar-refractivity contribution is -0.130. The topological polar surface area (TPSA) is 80.1 Å². The molecule has 2 aromatic heterocycles. The smallest absolute Gasteiger partial charge is 0.254 e. The summed E-state index contributed by atoms with van der Waals surface area (Å²) in [6, 6.07) is 3.01. The summed E-state index contributed by atoms with van der Waals surface area (Å²) >= 11 is 0. The maximum Gasteiger partial charge on any atom is 0.254 e. The predicted octanol–water partition coefficient (Wildman–Crippen LogP) is 1.31. The highest BCUT2D eigenvalue weighted by Crippen LogP contribution is 2.48. The van der Waals surface area contributed by atoms with Crippen molar-refractivity contribution in [3.63, 3.8) is 0 Å². The van der Waals surface area contributed by atoms with Gasteiger partial charge in [-0.25, -0.2) is 4.39 Å². The highest BCUT2D eigenvalue weighted by atomic mass is 19.1. The lowest BCUT2D eigenvalue weighted by Gasteiger charge is -2.45. The molecule has 27 heavy (non-hydrogen) atoms. The average molecular weight is 371 g/mol. The lowest BCUT2D eigenvalue weighted by atomic mass is 9.65. The molecule has 1 aliphatic heterocycles. The molecule has 3 heterocycles. The predicted molar refractivity (Wildman–Crippen MR) is 95.2 cm³/mol. The van der Waals surface area contributed by atoms with E-state index in [0.29, 0.717) is 17.8 Å². The number of hydrogen-bond donors (Lipinski definition) is 1. The number of carbonyl (C=O) groups excluding carboxylic acids is 2. The van der Waals surface area contributed by atoms with Crippen molar-refractivity contribution >= 4 is 11.8 Å². The van der Waals surface area contributed by atoms with E-state index in [-0.39, 0.29) is 29.7 Å². The van der Waals surface area contributed by atoms with Crippen molar-refractivity contribution in [1.82, 2.24) is 25.0 Å². The van der Waals surface area contributed by atoms with Crippen LogP contribution in [0.2, 0.25) is 0 Å². The molecule has 0 radical (unpaired) electrons. The molecule has 0 bridgehead atoms. The zero-order chi connectivity index (χ0) is 19.0. The number of nitrogens with one attached hydrogen (secondary N) is 1. The van der Waals surface area contributed by atoms with Gasteiger partial charge in [0, 0.05) is 38.1 Å². The van der Waals surface area contributed by atoms with Gasteiger partial charge < -0.3 is 10.2 Å². The fraction of sp³-hybridized carbons (Fsp3) is 0.474. The van der Waals surface area contributed by atoms with Gasteiger partial charge in [0.15, 0.2) is 0 Å². The highest BCUT2D eigenvalue weighted by molar-refractivity contribution is 5.94. The maximum absolute atomic E-state index is 12.9. The second kappa shape index (κ2) is 6.75. The van der Waals surface area contributed by atoms with Crippen LogP contribution in [0, 0.1) is 11.2 Å². The van der Waals surface area contributed by atoms with Crippen LogP contribution in [0.15, 0.2) is 30.7 Å². The third kappa shape index (κ3) is 3.70. The molecule has 1 spiro atoms. The van der Waals surface area contributed by atoms with Gasteiger partial charge in [0.25, 0.3) is 5.91 Å². The average Bonchev–Trinajstić information content (AvgIpc) is 3.23. The van der Waals surface area contributed by atoms with Crippen molar-refractivity contribution in [2.24, 2.45) is 12.5 Å². The largest absolute Gasteiger partial charge is 0.349 e. The Bertz CT molecular complexity index is 857. The highest BCUT2D eigenvalue weighted by Gasteiger charge is 2.49. The second-order valence-corrected chi connectivity index (χ2v) is 7.69. The summed E-state index contributed by atoms with van der Waals surface area (Å²) in [5, 5.41) is 7.06. The van der Waals surface area contributed by atoms with Crippen LogP contribution in [0.1, 0.15) is 35.3 Å². The number of amides is 2. The Balaban J connectivity index is 1.27. The van der Waals surface area contributed by atoms with Crippen LogP contribution in [0.3, 0.4) is 0 Å². The molecular weight excluding hydrogens is 349 g/mol. The van der Waals surface area contributed by atoms with E-state index in [1.54, 1.807) is 30.2 Å². The summed E-state index contributed by atoms with van der Waals surface area (Å²) in [6.07, 6.45) is 7.31. The zero-order valence-electron chi connectivity index (χ0n) is 15.2. The van der Waals surface area contributed by atoms with Gasteiger partial charge in [0.1, 0.15) is 5.82 Å². The Kier molecular flexibility index (Phi) is 4.41. The molecule has 7 nitrogen and oxygen atoms in total. The van der Waals surface area contributed by atoms with Gasteiger partial charge >= 0.3 is 0 Å². The molecule has 4 rings (SSSR count). The van der Waals surface area contributed by atoms with E-state index in [4.69, 9.17) is 0 Å². The number of rotatable bonds is 4. The molecule has 142 valence electrons. The number of halogens is 1. The van der Waals surface area contributed by atoms with Gasteiger partial charge in [0.2, 0.25) is 5.91 Å². The molecule has 0 atom stereocenters. The summed E-state index contributed by atoms with van der Waals surface area (Å²) in [5.41, 5.74) is 1.25. The minimum atomic E-state index is -0.403. The number of likely N-dealkylation sites (tertiary alicyclic amines) is 1. The van der Waals surface area contributed by atoms with Crippen molar-refractivity contribution in [3.8, 4) is 0 Å². The van der Waals surface area contributed by atoms with E-state index in [1.807, 2.05) is 4.90 Å². The molecule has 1 aliphatic carbocycles. The molecule has 1 saturated carbocycles. The van der Waals surface area contributed by atoms with Crippen molar-refractivity contribution in [3.05, 3.63) is 47.8 Å². The zero-order valence-corrected chi connectivity index (χ0v) is 15.2. The van der Waals surface area contributed by atoms with Gasteiger partial charge in [-0.3, -0.25) is 19.3 Å². The lowest BCUT2D eigenvalue weighted by Crippen LogP contribution is -2.52. The van der Waals surface area contributed by atoms with E-state index in [9.17, 15) is 14.0 Å². The van der Waals surface area contributed by atoms with Crippen LogP contribution in [-0.4, -0.2) is 50.6 Å². The SMILES string of the molecule is Cn1cc(C(=O)NC2CC3(CCN(C(=O)Cc4ccc(F)cn4)C3)C2)cn1. The Morgan fingerprint density at radius 1 is 1.33 bits per heavy atom. The van der Waals surface area contributed by atoms with Gasteiger partial charge in [0.05, 0.1) is 24.4 Å². The third-order valence-electron chi connectivity index (χ3n) is 5.57. The van der Waals surface area contributed by atoms with Crippen LogP contribution in [-0.2, 0) is 18.3 Å². The summed E-state index contributed by atoms with van der Waals surface area (Å²) in [7, 11) is 1.78. The van der Waals surface area contributed by atoms with Crippen molar-refractivity contribution in [2.75, 3.05) is 13.1 Å². The minimum absolute atomic E-state index is 0.0221. The Morgan fingerprint density at radius 3 is 2.81 bits per heavy atom. The normalized spacial score (nSPS) is 24.1. The van der Waals surface area contributed by atoms with Crippen LogP contribution in [0.5, 0.6) is 0 Å². The summed E-state index contributed by atoms with van der Waals surface area (Å²) < 4.78 is 14.5. The molecule has 2 fully saturated rings. The second-order valence-electron chi connectivity index (χ2n) is 7.69. The van der Waals surface area contributed by atoms with Crippen LogP contribution >= 0.6 is 0 Å². The Labute approximate surface area is 156 Å². The molecule has 1 saturated heterocycles. The monoisotopic (exact) mass is 371 g/mol. The number of pyridine rings is 1. The van der Waals surface area contributed by atoms with Crippen molar-refractivity contribution < 1.29 is 14.0 Å². The molecule has 2 aliphatic rings. The van der Waals surface area contributed by atoms with E-state index in [1.165, 1.54) is 6.07 Å². The third-order valence-corrected chi connectivity index (χ3v) is 5.57. The number of hydrogen-bond acceptors (Lipinski definition) is 4. The number of aryl methyl sites for hydroxylation is 1. The van der Waals surface area contributed by atoms with Gasteiger partial charge in [-0.15, -0.1) is 0 Å². The quantitative estimate of drug-likeness (QED) is 0.879. The fourth-order valence-electron chi connectivity index (χ4n) is 4.15. The summed E-state index contributed by atoms with van der Waals surface area (Å²) in [6.45, 7) is 1.44. The molecular formula is C19H22FN5O2. The molecule has 2 amide bonds. The maximum atomic E-state index is 12.9. The minimum Gasteiger partial charge on any atom is -0.349 e. The number of carbonyl (C=O) groups is 2. The molecule has 0 aromatic carbocycles. The first-order valence-electron chi connectivity index (χ1n) is 9.10. The first-order valence-corrected chi connectivity index (χ1v) is 9.10. The first kappa shape index (κ1) is 17.6. The number of nitrogens with zero attached hydrogens (tertiary/aromatic N) is 4. The van der Waals surface area contributed by atoms with Gasteiger partial charge in [-0.2, -0.15) is 5.10 Å². The van der Waals surface area contributed by atoms with Crippen LogP contribution < -0.4 is 5.32 Å². The van der Waals surface area contributed by atoms with E-state index >= 15 is 0 Å². The molecule has 0 unspecified atom stereocenters. The van der Waals surface area contributed by atoms with E-state index in [0.717, 1.165) is 32.0 Å². The summed E-state index contributed by atoms with van der Waals surface area (Å²) in [5.74, 6) is -0.481. The summed E-state index contributed by atoms with van der Waals surface area (Å²) in [4.78, 5) is 30.5. The Hall–Kier alpha value is -2.77. The molecule has 8 heteroatoms. The van der Waals surface area contributed by atoms with Gasteiger partial charge in [-0.1, -0.05) is 0 Å². The van der Waals surface area contributed by atoms with E-state index in [2.05, 4.69) is 15.4 Å². The van der Waals surface area contributed by atoms with E-state index < -0.39 is 5.82 Å².